The molecule has 0 spiro atoms. The Labute approximate surface area is 238 Å². The maximum atomic E-state index is 12.8. The number of anilines is 2. The van der Waals surface area contributed by atoms with Gasteiger partial charge in [0.05, 0.1) is 15.5 Å². The predicted molar refractivity (Wildman–Crippen MR) is 164 cm³/mol. The highest BCUT2D eigenvalue weighted by Crippen LogP contribution is 2.35. The van der Waals surface area contributed by atoms with Crippen molar-refractivity contribution in [3.63, 3.8) is 0 Å². The number of nitrogens with zero attached hydrogens (tertiary/aromatic N) is 4. The number of hydrogen-bond acceptors (Lipinski definition) is 6. The second kappa shape index (κ2) is 14.7. The van der Waals surface area contributed by atoms with Gasteiger partial charge in [-0.2, -0.15) is 0 Å². The van der Waals surface area contributed by atoms with E-state index in [1.807, 2.05) is 50.7 Å². The van der Waals surface area contributed by atoms with Crippen LogP contribution in [-0.4, -0.2) is 69.1 Å². The molecule has 9 heteroatoms. The molecule has 0 bridgehead atoms. The summed E-state index contributed by atoms with van der Waals surface area (Å²) in [6.07, 6.45) is 1.92. The van der Waals surface area contributed by atoms with Gasteiger partial charge in [-0.05, 0) is 63.7 Å². The standard InChI is InChI=1S/C28H36ClN5O3.C2H6/c1-19-7-8-22(4)25(14-19)32-9-11-33(12-10-32)26-16-24(29)23(15-27(26)34(36)37)28(35)30-17-20(2)13-21(3)18-31(5)6;1-2/h7-8,13-16H,2,9-12,17-18H2,1,3-6H3,(H,30,35);1-2H3/b21-13+;. The number of benzene rings is 2. The minimum absolute atomic E-state index is 0.0768. The fraction of sp³-hybridized carbons (Fsp3) is 0.433. The number of nitrogens with one attached hydrogen (secondary N) is 1. The van der Waals surface area contributed by atoms with Crippen molar-refractivity contribution in [1.82, 2.24) is 10.2 Å². The van der Waals surface area contributed by atoms with Crippen LogP contribution in [0, 0.1) is 24.0 Å². The molecule has 212 valence electrons. The van der Waals surface area contributed by atoms with E-state index >= 15 is 0 Å². The number of carbonyl (C=O) groups excluding carboxylic acids is 1. The molecule has 0 radical (unpaired) electrons. The van der Waals surface area contributed by atoms with E-state index in [2.05, 4.69) is 48.8 Å². The molecule has 1 N–H and O–H groups in total. The van der Waals surface area contributed by atoms with Gasteiger partial charge in [0.1, 0.15) is 5.69 Å². The van der Waals surface area contributed by atoms with Crippen LogP contribution in [-0.2, 0) is 0 Å². The summed E-state index contributed by atoms with van der Waals surface area (Å²) in [7, 11) is 3.96. The van der Waals surface area contributed by atoms with Crippen molar-refractivity contribution in [2.45, 2.75) is 34.6 Å². The largest absolute Gasteiger partial charge is 0.368 e. The van der Waals surface area contributed by atoms with Crippen molar-refractivity contribution < 1.29 is 9.72 Å². The van der Waals surface area contributed by atoms with Gasteiger partial charge in [0.15, 0.2) is 0 Å². The van der Waals surface area contributed by atoms with Crippen molar-refractivity contribution in [1.29, 1.82) is 0 Å². The lowest BCUT2D eigenvalue weighted by atomic mass is 10.1. The van der Waals surface area contributed by atoms with E-state index in [1.165, 1.54) is 28.9 Å². The van der Waals surface area contributed by atoms with Gasteiger partial charge in [-0.25, -0.2) is 0 Å². The molecule has 1 aliphatic rings. The lowest BCUT2D eigenvalue weighted by molar-refractivity contribution is -0.384. The zero-order valence-corrected chi connectivity index (χ0v) is 25.1. The number of aryl methyl sites for hydroxylation is 2. The predicted octanol–water partition coefficient (Wildman–Crippen LogP) is 6.01. The van der Waals surface area contributed by atoms with E-state index in [9.17, 15) is 14.9 Å². The van der Waals surface area contributed by atoms with Crippen LogP contribution in [0.1, 0.15) is 42.3 Å². The third kappa shape index (κ3) is 8.83. The highest BCUT2D eigenvalue weighted by atomic mass is 35.5. The molecule has 2 aromatic rings. The summed E-state index contributed by atoms with van der Waals surface area (Å²) in [6.45, 7) is 17.8. The van der Waals surface area contributed by atoms with E-state index in [0.29, 0.717) is 18.8 Å². The average molecular weight is 556 g/mol. The van der Waals surface area contributed by atoms with Crippen LogP contribution in [0.3, 0.4) is 0 Å². The summed E-state index contributed by atoms with van der Waals surface area (Å²) in [6, 6.07) is 9.20. The monoisotopic (exact) mass is 555 g/mol. The van der Waals surface area contributed by atoms with Crippen LogP contribution in [0.2, 0.25) is 5.02 Å². The molecule has 1 aliphatic heterocycles. The van der Waals surface area contributed by atoms with Gasteiger partial charge in [0, 0.05) is 51.0 Å². The number of nitro benzene ring substituents is 1. The summed E-state index contributed by atoms with van der Waals surface area (Å²) < 4.78 is 0. The summed E-state index contributed by atoms with van der Waals surface area (Å²) in [5, 5.41) is 14.9. The third-order valence-corrected chi connectivity index (χ3v) is 6.64. The minimum atomic E-state index is -0.473. The fourth-order valence-corrected chi connectivity index (χ4v) is 4.85. The van der Waals surface area contributed by atoms with Crippen LogP contribution in [0.25, 0.3) is 0 Å². The summed E-state index contributed by atoms with van der Waals surface area (Å²) in [5.74, 6) is -0.473. The van der Waals surface area contributed by atoms with Gasteiger partial charge < -0.3 is 20.0 Å². The molecule has 39 heavy (non-hydrogen) atoms. The second-order valence-corrected chi connectivity index (χ2v) is 10.3. The van der Waals surface area contributed by atoms with E-state index in [4.69, 9.17) is 11.6 Å². The number of rotatable bonds is 9. The first-order valence-corrected chi connectivity index (χ1v) is 13.7. The molecular formula is C30H42ClN5O3. The molecule has 0 aromatic heterocycles. The Morgan fingerprint density at radius 1 is 1.10 bits per heavy atom. The number of likely N-dealkylation sites (N-methyl/N-ethyl adjacent to an activating group) is 1. The van der Waals surface area contributed by atoms with Gasteiger partial charge in [-0.1, -0.05) is 55.8 Å². The number of nitro groups is 1. The van der Waals surface area contributed by atoms with Gasteiger partial charge in [-0.15, -0.1) is 0 Å². The number of halogens is 1. The Bertz CT molecular complexity index is 1220. The van der Waals surface area contributed by atoms with E-state index in [-0.39, 0.29) is 22.8 Å². The molecule has 0 atom stereocenters. The van der Waals surface area contributed by atoms with Gasteiger partial charge >= 0.3 is 0 Å². The first kappa shape index (κ1) is 31.9. The normalized spacial score (nSPS) is 13.6. The van der Waals surface area contributed by atoms with Crippen LogP contribution >= 0.6 is 11.6 Å². The number of piperazine rings is 1. The maximum absolute atomic E-state index is 12.8. The molecule has 0 saturated carbocycles. The number of hydrogen-bond donors (Lipinski definition) is 1. The Morgan fingerprint density at radius 2 is 1.69 bits per heavy atom. The molecule has 0 unspecified atom stereocenters. The molecule has 1 saturated heterocycles. The highest BCUT2D eigenvalue weighted by Gasteiger charge is 2.27. The molecule has 0 aliphatic carbocycles. The lowest BCUT2D eigenvalue weighted by Gasteiger charge is -2.38. The molecule has 1 amide bonds. The molecular weight excluding hydrogens is 514 g/mol. The SMILES string of the molecule is C=C(/C=C(\C)CN(C)C)CNC(=O)c1cc([N+](=O)[O-])c(N2CCN(c3cc(C)ccc3C)CC2)cc1Cl.CC. The van der Waals surface area contributed by atoms with E-state index in [0.717, 1.165) is 30.8 Å². The smallest absolute Gasteiger partial charge is 0.293 e. The van der Waals surface area contributed by atoms with Crippen molar-refractivity contribution in [3.05, 3.63) is 86.0 Å². The first-order chi connectivity index (χ1) is 18.5. The van der Waals surface area contributed by atoms with Crippen LogP contribution in [0.5, 0.6) is 0 Å². The van der Waals surface area contributed by atoms with Crippen molar-refractivity contribution in [2.75, 3.05) is 63.2 Å². The molecule has 1 fully saturated rings. The Morgan fingerprint density at radius 3 is 2.26 bits per heavy atom. The van der Waals surface area contributed by atoms with E-state index in [1.54, 1.807) is 0 Å². The second-order valence-electron chi connectivity index (χ2n) is 9.91. The summed E-state index contributed by atoms with van der Waals surface area (Å²) >= 11 is 6.48. The average Bonchev–Trinajstić information content (AvgIpc) is 2.89. The fourth-order valence-electron chi connectivity index (χ4n) is 4.61. The summed E-state index contributed by atoms with van der Waals surface area (Å²) in [5.41, 5.74) is 5.81. The topological polar surface area (TPSA) is 82.0 Å². The van der Waals surface area contributed by atoms with Gasteiger partial charge in [0.25, 0.3) is 11.6 Å². The maximum Gasteiger partial charge on any atom is 0.293 e. The zero-order valence-electron chi connectivity index (χ0n) is 24.3. The van der Waals surface area contributed by atoms with Gasteiger partial charge in [-0.3, -0.25) is 14.9 Å². The highest BCUT2D eigenvalue weighted by molar-refractivity contribution is 6.34. The minimum Gasteiger partial charge on any atom is -0.368 e. The molecule has 1 heterocycles. The van der Waals surface area contributed by atoms with Crippen molar-refractivity contribution >= 4 is 34.6 Å². The van der Waals surface area contributed by atoms with E-state index < -0.39 is 10.8 Å². The van der Waals surface area contributed by atoms with Crippen LogP contribution in [0.15, 0.2) is 54.1 Å². The summed E-state index contributed by atoms with van der Waals surface area (Å²) in [4.78, 5) is 30.7. The molecule has 8 nitrogen and oxygen atoms in total. The Kier molecular flexibility index (Phi) is 12.0. The lowest BCUT2D eigenvalue weighted by Crippen LogP contribution is -2.47. The van der Waals surface area contributed by atoms with Gasteiger partial charge in [0.2, 0.25) is 0 Å². The van der Waals surface area contributed by atoms with Crippen molar-refractivity contribution in [3.8, 4) is 0 Å². The van der Waals surface area contributed by atoms with Crippen LogP contribution in [0.4, 0.5) is 17.1 Å². The Hall–Kier alpha value is -3.36. The molecule has 3 rings (SSSR count). The quantitative estimate of drug-likeness (QED) is 0.232. The van der Waals surface area contributed by atoms with Crippen LogP contribution < -0.4 is 15.1 Å². The van der Waals surface area contributed by atoms with Crippen molar-refractivity contribution in [2.24, 2.45) is 0 Å². The molecule has 2 aromatic carbocycles. The third-order valence-electron chi connectivity index (χ3n) is 6.32. The first-order valence-electron chi connectivity index (χ1n) is 13.3. The number of amides is 1. The zero-order chi connectivity index (χ0) is 29.3. The Balaban J connectivity index is 0.00000260. The number of carbonyl (C=O) groups is 1.